The Morgan fingerprint density at radius 2 is 2.19 bits per heavy atom. The molecule has 162 valence electrons. The number of carbonyl (C=O) groups excluding carboxylic acids is 1. The number of aliphatic hydroxyl groups is 1. The number of nitrogens with one attached hydrogen (secondary N) is 2. The van der Waals surface area contributed by atoms with E-state index in [-0.39, 0.29) is 17.9 Å². The lowest BCUT2D eigenvalue weighted by atomic mass is 9.79. The normalized spacial score (nSPS) is 21.0. The van der Waals surface area contributed by atoms with Gasteiger partial charge in [0.25, 0.3) is 5.91 Å². The molecule has 2 aliphatic heterocycles. The topological polar surface area (TPSA) is 77.5 Å². The Labute approximate surface area is 189 Å². The van der Waals surface area contributed by atoms with Crippen molar-refractivity contribution in [3.63, 3.8) is 0 Å². The number of aliphatic hydroxyl groups excluding tert-OH is 1. The van der Waals surface area contributed by atoms with E-state index in [2.05, 4.69) is 20.5 Å². The number of hydrogen-bond acceptors (Lipinski definition) is 7. The summed E-state index contributed by atoms with van der Waals surface area (Å²) in [4.78, 5) is 21.0. The van der Waals surface area contributed by atoms with E-state index in [0.29, 0.717) is 5.69 Å². The number of thiophene rings is 1. The number of anilines is 2. The lowest BCUT2D eigenvalue weighted by molar-refractivity contribution is 0.102. The second kappa shape index (κ2) is 8.70. The van der Waals surface area contributed by atoms with Gasteiger partial charge in [-0.05, 0) is 43.3 Å². The number of benzene rings is 1. The lowest BCUT2D eigenvalue weighted by Crippen LogP contribution is -2.45. The molecule has 3 N–H and O–H groups in total. The third kappa shape index (κ3) is 4.13. The molecule has 1 aromatic carbocycles. The van der Waals surface area contributed by atoms with Crippen molar-refractivity contribution in [3.05, 3.63) is 52.3 Å². The first-order valence-electron chi connectivity index (χ1n) is 10.7. The fourth-order valence-corrected chi connectivity index (χ4v) is 6.43. The Bertz CT molecular complexity index is 1060. The molecule has 1 spiro atoms. The number of carbonyl (C=O) groups is 1. The number of rotatable bonds is 5. The van der Waals surface area contributed by atoms with Crippen molar-refractivity contribution in [2.45, 2.75) is 25.9 Å². The van der Waals surface area contributed by atoms with E-state index < -0.39 is 0 Å². The first-order valence-corrected chi connectivity index (χ1v) is 12.4. The fourth-order valence-electron chi connectivity index (χ4n) is 4.81. The molecule has 0 radical (unpaired) electrons. The molecule has 3 aromatic rings. The molecule has 5 rings (SSSR count). The molecule has 0 saturated carbocycles. The van der Waals surface area contributed by atoms with Crippen LogP contribution in [0.1, 0.15) is 35.3 Å². The van der Waals surface area contributed by atoms with E-state index >= 15 is 0 Å². The summed E-state index contributed by atoms with van der Waals surface area (Å²) in [5.74, 6) is -0.218. The van der Waals surface area contributed by atoms with E-state index in [9.17, 15) is 9.90 Å². The minimum absolute atomic E-state index is 0.0555. The maximum Gasteiger partial charge on any atom is 0.275 e. The van der Waals surface area contributed by atoms with Gasteiger partial charge in [-0.15, -0.1) is 22.7 Å². The van der Waals surface area contributed by atoms with Crippen LogP contribution in [0.4, 0.5) is 11.4 Å². The molecule has 1 unspecified atom stereocenters. The number of nitrogens with zero attached hydrogens (tertiary/aromatic N) is 2. The maximum atomic E-state index is 13.0. The van der Waals surface area contributed by atoms with Gasteiger partial charge in [0, 0.05) is 36.0 Å². The summed E-state index contributed by atoms with van der Waals surface area (Å²) >= 11 is 3.10. The van der Waals surface area contributed by atoms with Gasteiger partial charge in [-0.2, -0.15) is 0 Å². The second-order valence-corrected chi connectivity index (χ2v) is 10.2. The highest BCUT2D eigenvalue weighted by atomic mass is 32.1. The molecule has 0 bridgehead atoms. The summed E-state index contributed by atoms with van der Waals surface area (Å²) in [5, 5.41) is 21.3. The van der Waals surface area contributed by atoms with Gasteiger partial charge >= 0.3 is 0 Å². The van der Waals surface area contributed by atoms with Gasteiger partial charge in [0.15, 0.2) is 0 Å². The monoisotopic (exact) mass is 454 g/mol. The van der Waals surface area contributed by atoms with Crippen molar-refractivity contribution in [1.82, 2.24) is 10.3 Å². The summed E-state index contributed by atoms with van der Waals surface area (Å²) in [5.41, 5.74) is 3.23. The van der Waals surface area contributed by atoms with Crippen molar-refractivity contribution < 1.29 is 9.90 Å². The molecule has 2 aliphatic rings. The first kappa shape index (κ1) is 20.6. The van der Waals surface area contributed by atoms with Gasteiger partial charge in [-0.1, -0.05) is 18.2 Å². The van der Waals surface area contributed by atoms with Gasteiger partial charge in [0.05, 0.1) is 22.9 Å². The highest BCUT2D eigenvalue weighted by Crippen LogP contribution is 2.41. The van der Waals surface area contributed by atoms with Crippen molar-refractivity contribution in [2.75, 3.05) is 36.4 Å². The van der Waals surface area contributed by atoms with E-state index in [4.69, 9.17) is 0 Å². The quantitative estimate of drug-likeness (QED) is 0.539. The van der Waals surface area contributed by atoms with Gasteiger partial charge in [-0.3, -0.25) is 4.79 Å². The standard InChI is InChI=1S/C23H26N4O2S2/c28-12-16-4-1-5-17(20(16)27-10-3-7-23(15-27)8-9-24-14-23)25-21(29)18-13-31-22(26-18)19-6-2-11-30-19/h1-2,4-6,11,13,24,28H,3,7-10,12,14-15H2,(H,25,29). The Morgan fingerprint density at radius 1 is 1.26 bits per heavy atom. The van der Waals surface area contributed by atoms with Gasteiger partial charge in [0.1, 0.15) is 10.7 Å². The molecule has 0 aliphatic carbocycles. The second-order valence-electron chi connectivity index (χ2n) is 8.39. The molecule has 4 heterocycles. The average Bonchev–Trinajstić information content (AvgIpc) is 3.55. The highest BCUT2D eigenvalue weighted by molar-refractivity contribution is 7.20. The number of aromatic nitrogens is 1. The summed E-state index contributed by atoms with van der Waals surface area (Å²) in [6.07, 6.45) is 3.52. The zero-order valence-electron chi connectivity index (χ0n) is 17.3. The van der Waals surface area contributed by atoms with Crippen LogP contribution in [-0.4, -0.2) is 42.2 Å². The van der Waals surface area contributed by atoms with Crippen molar-refractivity contribution in [1.29, 1.82) is 0 Å². The molecule has 6 nitrogen and oxygen atoms in total. The summed E-state index contributed by atoms with van der Waals surface area (Å²) in [7, 11) is 0. The van der Waals surface area contributed by atoms with E-state index in [1.165, 1.54) is 24.2 Å². The molecule has 2 fully saturated rings. The van der Waals surface area contributed by atoms with Gasteiger partial charge < -0.3 is 20.6 Å². The van der Waals surface area contributed by atoms with Crippen LogP contribution >= 0.6 is 22.7 Å². The minimum atomic E-state index is -0.218. The first-order chi connectivity index (χ1) is 15.2. The van der Waals surface area contributed by atoms with Crippen LogP contribution in [0, 0.1) is 5.41 Å². The Balaban J connectivity index is 1.41. The fraction of sp³-hybridized carbons (Fsp3) is 0.391. The highest BCUT2D eigenvalue weighted by Gasteiger charge is 2.39. The molecule has 2 aromatic heterocycles. The van der Waals surface area contributed by atoms with Crippen LogP contribution in [0.3, 0.4) is 0 Å². The number of thiazole rings is 1. The smallest absolute Gasteiger partial charge is 0.275 e. The predicted octanol–water partition coefficient (Wildman–Crippen LogP) is 4.20. The van der Waals surface area contributed by atoms with E-state index in [1.54, 1.807) is 16.7 Å². The third-order valence-corrected chi connectivity index (χ3v) is 8.20. The molecule has 1 atom stereocenters. The van der Waals surface area contributed by atoms with Crippen LogP contribution in [0.15, 0.2) is 41.1 Å². The SMILES string of the molecule is O=C(Nc1cccc(CO)c1N1CCCC2(CCNC2)C1)c1csc(-c2cccs2)n1. The molecule has 1 amide bonds. The van der Waals surface area contributed by atoms with Crippen LogP contribution in [0.2, 0.25) is 0 Å². The van der Waals surface area contributed by atoms with Crippen LogP contribution < -0.4 is 15.5 Å². The van der Waals surface area contributed by atoms with E-state index in [0.717, 1.165) is 59.4 Å². The van der Waals surface area contributed by atoms with Crippen molar-refractivity contribution in [3.8, 4) is 9.88 Å². The number of piperidine rings is 1. The molecule has 8 heteroatoms. The van der Waals surface area contributed by atoms with Crippen LogP contribution in [0.5, 0.6) is 0 Å². The zero-order chi connectivity index (χ0) is 21.3. The van der Waals surface area contributed by atoms with Crippen molar-refractivity contribution in [2.24, 2.45) is 5.41 Å². The van der Waals surface area contributed by atoms with Gasteiger partial charge in [0.2, 0.25) is 0 Å². The largest absolute Gasteiger partial charge is 0.392 e. The Hall–Kier alpha value is -2.26. The van der Waals surface area contributed by atoms with E-state index in [1.807, 2.05) is 35.7 Å². The van der Waals surface area contributed by atoms with Crippen LogP contribution in [-0.2, 0) is 6.61 Å². The Morgan fingerprint density at radius 3 is 2.97 bits per heavy atom. The molecule has 2 saturated heterocycles. The molecule has 31 heavy (non-hydrogen) atoms. The summed E-state index contributed by atoms with van der Waals surface area (Å²) in [6.45, 7) is 3.92. The number of hydrogen-bond donors (Lipinski definition) is 3. The zero-order valence-corrected chi connectivity index (χ0v) is 18.9. The minimum Gasteiger partial charge on any atom is -0.392 e. The predicted molar refractivity (Wildman–Crippen MR) is 127 cm³/mol. The summed E-state index contributed by atoms with van der Waals surface area (Å²) in [6, 6.07) is 9.75. The van der Waals surface area contributed by atoms with Crippen LogP contribution in [0.25, 0.3) is 9.88 Å². The summed E-state index contributed by atoms with van der Waals surface area (Å²) < 4.78 is 0. The number of amides is 1. The Kier molecular flexibility index (Phi) is 5.79. The maximum absolute atomic E-state index is 13.0. The van der Waals surface area contributed by atoms with Gasteiger partial charge in [-0.25, -0.2) is 4.98 Å². The number of para-hydroxylation sites is 1. The molecular weight excluding hydrogens is 428 g/mol. The molecular formula is C23H26N4O2S2. The lowest BCUT2D eigenvalue weighted by Gasteiger charge is -2.42. The third-order valence-electron chi connectivity index (χ3n) is 6.32. The van der Waals surface area contributed by atoms with Crippen molar-refractivity contribution >= 4 is 40.0 Å². The average molecular weight is 455 g/mol.